The topological polar surface area (TPSA) is 134 Å². The number of carboxylic acid groups (broad SMARTS) is 1. The SMILES string of the molecule is C=C[C@@](C)(CC/C=C(/CO)C(=O)O[C@@H]1C[C@]2(C(=O)O)[C@H](O)C[C@]3(C)C(=CC[C@@H]4[C@]5(C)CC[C@@H](O)C(C)(C)[C@H]5CC[C@]43C)[C@H]2CC1(C)C)OC. The maximum Gasteiger partial charge on any atom is 0.336 e. The maximum absolute atomic E-state index is 13.5. The van der Waals surface area contributed by atoms with Crippen molar-refractivity contribution in [1.29, 1.82) is 0 Å². The minimum Gasteiger partial charge on any atom is -0.481 e. The monoisotopic (exact) mass is 684 g/mol. The van der Waals surface area contributed by atoms with Gasteiger partial charge in [0.15, 0.2) is 0 Å². The van der Waals surface area contributed by atoms with Gasteiger partial charge in [-0.25, -0.2) is 4.79 Å². The fourth-order valence-electron chi connectivity index (χ4n) is 12.1. The Morgan fingerprint density at radius 2 is 1.67 bits per heavy atom. The van der Waals surface area contributed by atoms with Crippen LogP contribution in [0.2, 0.25) is 0 Å². The van der Waals surface area contributed by atoms with Gasteiger partial charge in [-0.05, 0) is 104 Å². The highest BCUT2D eigenvalue weighted by molar-refractivity contribution is 5.89. The molecule has 0 aromatic rings. The van der Waals surface area contributed by atoms with Gasteiger partial charge in [0.2, 0.25) is 0 Å². The number of aliphatic carboxylic acids is 1. The average molecular weight is 685 g/mol. The zero-order valence-electron chi connectivity index (χ0n) is 31.6. The number of hydrogen-bond donors (Lipinski definition) is 4. The van der Waals surface area contributed by atoms with E-state index in [1.807, 2.05) is 20.8 Å². The highest BCUT2D eigenvalue weighted by Gasteiger charge is 2.72. The summed E-state index contributed by atoms with van der Waals surface area (Å²) >= 11 is 0. The lowest BCUT2D eigenvalue weighted by atomic mass is 9.33. The van der Waals surface area contributed by atoms with Crippen molar-refractivity contribution in [3.63, 3.8) is 0 Å². The molecule has 0 bridgehead atoms. The molecule has 11 atom stereocenters. The lowest BCUT2D eigenvalue weighted by Gasteiger charge is -2.71. The lowest BCUT2D eigenvalue weighted by Crippen LogP contribution is -2.68. The second-order valence-corrected chi connectivity index (χ2v) is 18.7. The van der Waals surface area contributed by atoms with E-state index < -0.39 is 58.5 Å². The van der Waals surface area contributed by atoms with Crippen LogP contribution in [0.25, 0.3) is 0 Å². The van der Waals surface area contributed by atoms with Crippen molar-refractivity contribution < 1.29 is 39.5 Å². The van der Waals surface area contributed by atoms with Gasteiger partial charge in [0.1, 0.15) is 11.5 Å². The number of rotatable bonds is 9. The molecule has 0 radical (unpaired) electrons. The van der Waals surface area contributed by atoms with Gasteiger partial charge in [0, 0.05) is 18.9 Å². The van der Waals surface area contributed by atoms with Crippen LogP contribution in [0.4, 0.5) is 0 Å². The van der Waals surface area contributed by atoms with E-state index in [-0.39, 0.29) is 34.3 Å². The molecule has 8 heteroatoms. The van der Waals surface area contributed by atoms with Crippen LogP contribution in [0.5, 0.6) is 0 Å². The third-order valence-corrected chi connectivity index (χ3v) is 15.8. The van der Waals surface area contributed by atoms with Gasteiger partial charge in [0.25, 0.3) is 0 Å². The first-order chi connectivity index (χ1) is 22.6. The van der Waals surface area contributed by atoms with E-state index in [2.05, 4.69) is 47.3 Å². The Labute approximate surface area is 294 Å². The lowest BCUT2D eigenvalue weighted by molar-refractivity contribution is -0.227. The molecule has 0 unspecified atom stereocenters. The summed E-state index contributed by atoms with van der Waals surface area (Å²) in [6.45, 7) is 20.8. The molecule has 4 saturated carbocycles. The third-order valence-electron chi connectivity index (χ3n) is 15.8. The number of allylic oxidation sites excluding steroid dienone is 3. The van der Waals surface area contributed by atoms with Crippen LogP contribution in [0.3, 0.4) is 0 Å². The normalized spacial score (nSPS) is 43.8. The summed E-state index contributed by atoms with van der Waals surface area (Å²) in [7, 11) is 1.60. The average Bonchev–Trinajstić information content (AvgIpc) is 3.02. The Morgan fingerprint density at radius 3 is 2.27 bits per heavy atom. The second-order valence-electron chi connectivity index (χ2n) is 18.7. The molecule has 0 heterocycles. The third kappa shape index (κ3) is 5.61. The number of carboxylic acids is 1. The van der Waals surface area contributed by atoms with Gasteiger partial charge < -0.3 is 29.9 Å². The number of methoxy groups -OCH3 is 1. The minimum absolute atomic E-state index is 0.00323. The van der Waals surface area contributed by atoms with E-state index in [9.17, 15) is 30.0 Å². The molecule has 4 fully saturated rings. The van der Waals surface area contributed by atoms with Gasteiger partial charge in [-0.1, -0.05) is 72.3 Å². The molecule has 5 aliphatic rings. The van der Waals surface area contributed by atoms with Crippen molar-refractivity contribution >= 4 is 11.9 Å². The number of aliphatic hydroxyl groups excluding tert-OH is 3. The van der Waals surface area contributed by atoms with Crippen LogP contribution in [-0.2, 0) is 19.1 Å². The van der Waals surface area contributed by atoms with E-state index in [1.165, 1.54) is 0 Å². The molecule has 49 heavy (non-hydrogen) atoms. The molecule has 0 amide bonds. The van der Waals surface area contributed by atoms with Gasteiger partial charge in [0.05, 0.1) is 30.0 Å². The fourth-order valence-corrected chi connectivity index (χ4v) is 12.1. The summed E-state index contributed by atoms with van der Waals surface area (Å²) in [5.74, 6) is -1.37. The van der Waals surface area contributed by atoms with Gasteiger partial charge >= 0.3 is 11.9 Å². The first-order valence-electron chi connectivity index (χ1n) is 18.6. The highest BCUT2D eigenvalue weighted by Crippen LogP contribution is 2.75. The number of hydrogen-bond acceptors (Lipinski definition) is 7. The molecular weight excluding hydrogens is 620 g/mol. The predicted molar refractivity (Wildman–Crippen MR) is 189 cm³/mol. The first kappa shape index (κ1) is 38.2. The van der Waals surface area contributed by atoms with Gasteiger partial charge in [-0.2, -0.15) is 0 Å². The van der Waals surface area contributed by atoms with Crippen LogP contribution in [0, 0.1) is 50.2 Å². The summed E-state index contributed by atoms with van der Waals surface area (Å²) in [6, 6.07) is 0. The van der Waals surface area contributed by atoms with Crippen LogP contribution < -0.4 is 0 Å². The standard InChI is InChI=1S/C41H64O8/c1-11-37(6,48-10)18-12-13-25(24-42)33(45)49-32-23-41(34(46)47)27(21-35(32,2)3)26-14-15-29-38(7)19-17-30(43)36(4,5)28(38)16-20-39(29,8)40(26,9)22-31(41)44/h11,13-14,27-32,42-44H,1,12,15-24H2,2-10H3,(H,46,47)/b25-13-/t27-,28-,29-,30-,31-,32-,37+,38-,39-,40-,41-/m1/s1. The Morgan fingerprint density at radius 1 is 1.00 bits per heavy atom. The summed E-state index contributed by atoms with van der Waals surface area (Å²) in [6.07, 6.45) is 9.91. The van der Waals surface area contributed by atoms with Crippen molar-refractivity contribution in [2.75, 3.05) is 13.7 Å². The smallest absolute Gasteiger partial charge is 0.336 e. The summed E-state index contributed by atoms with van der Waals surface area (Å²) in [5.41, 5.74) is -2.06. The van der Waals surface area contributed by atoms with Crippen molar-refractivity contribution in [3.8, 4) is 0 Å². The second kappa shape index (κ2) is 12.6. The quantitative estimate of drug-likeness (QED) is 0.116. The van der Waals surface area contributed by atoms with Crippen molar-refractivity contribution in [1.82, 2.24) is 0 Å². The number of carbonyl (C=O) groups excluding carboxylic acids is 1. The molecule has 0 aromatic heterocycles. The Bertz CT molecular complexity index is 1400. The fraction of sp³-hybridized carbons (Fsp3) is 0.805. The van der Waals surface area contributed by atoms with Crippen LogP contribution in [-0.4, -0.2) is 70.0 Å². The molecule has 0 saturated heterocycles. The molecular formula is C41H64O8. The number of ether oxygens (including phenoxy) is 2. The van der Waals surface area contributed by atoms with E-state index in [0.29, 0.717) is 37.5 Å². The van der Waals surface area contributed by atoms with Crippen LogP contribution >= 0.6 is 0 Å². The number of aliphatic hydroxyl groups is 3. The van der Waals surface area contributed by atoms with E-state index in [1.54, 1.807) is 19.3 Å². The van der Waals surface area contributed by atoms with Gasteiger partial charge in [-0.3, -0.25) is 4.79 Å². The summed E-state index contributed by atoms with van der Waals surface area (Å²) in [5, 5.41) is 44.4. The molecule has 0 spiro atoms. The number of carbonyl (C=O) groups is 2. The number of esters is 1. The molecule has 5 rings (SSSR count). The summed E-state index contributed by atoms with van der Waals surface area (Å²) < 4.78 is 11.6. The van der Waals surface area contributed by atoms with Crippen LogP contribution in [0.1, 0.15) is 120 Å². The molecule has 0 aromatic carbocycles. The zero-order valence-corrected chi connectivity index (χ0v) is 31.6. The molecule has 8 nitrogen and oxygen atoms in total. The van der Waals surface area contributed by atoms with Crippen molar-refractivity contribution in [2.24, 2.45) is 50.2 Å². The largest absolute Gasteiger partial charge is 0.481 e. The van der Waals surface area contributed by atoms with Gasteiger partial charge in [-0.15, -0.1) is 6.58 Å². The minimum atomic E-state index is -1.50. The number of fused-ring (bicyclic) bond motifs is 7. The summed E-state index contributed by atoms with van der Waals surface area (Å²) in [4.78, 5) is 27.0. The first-order valence-corrected chi connectivity index (χ1v) is 18.6. The Kier molecular flexibility index (Phi) is 9.83. The molecule has 0 aliphatic heterocycles. The predicted octanol–water partition coefficient (Wildman–Crippen LogP) is 7.02. The van der Waals surface area contributed by atoms with E-state index in [0.717, 1.165) is 37.7 Å². The highest BCUT2D eigenvalue weighted by atomic mass is 16.5. The van der Waals surface area contributed by atoms with Crippen molar-refractivity contribution in [3.05, 3.63) is 36.0 Å². The van der Waals surface area contributed by atoms with E-state index >= 15 is 0 Å². The Balaban J connectivity index is 1.47. The molecule has 5 aliphatic carbocycles. The maximum atomic E-state index is 13.5. The molecule has 276 valence electrons. The van der Waals surface area contributed by atoms with Crippen LogP contribution in [0.15, 0.2) is 36.0 Å². The van der Waals surface area contributed by atoms with E-state index in [4.69, 9.17) is 9.47 Å². The Hall–Kier alpha value is -2.00. The van der Waals surface area contributed by atoms with Crippen molar-refractivity contribution in [2.45, 2.75) is 144 Å². The zero-order chi connectivity index (χ0) is 36.6. The molecule has 4 N–H and O–H groups in total.